The summed E-state index contributed by atoms with van der Waals surface area (Å²) in [6.45, 7) is 23.2. The first-order chi connectivity index (χ1) is 17.0. The van der Waals surface area contributed by atoms with E-state index < -0.39 is 23.8 Å². The molecule has 0 heterocycles. The molecule has 210 valence electrons. The molecule has 1 aromatic rings. The number of hydrogen-bond acceptors (Lipinski definition) is 4. The molecule has 3 atom stereocenters. The number of nitrogens with zero attached hydrogens (tertiary/aromatic N) is 1. The van der Waals surface area contributed by atoms with Gasteiger partial charge in [-0.1, -0.05) is 45.9 Å². The zero-order valence-corrected chi connectivity index (χ0v) is 25.2. The number of carbonyl (C=O) groups excluding carboxylic acids is 3. The van der Waals surface area contributed by atoms with Crippen molar-refractivity contribution in [3.8, 4) is 0 Å². The summed E-state index contributed by atoms with van der Waals surface area (Å²) in [6.07, 6.45) is 0.989. The van der Waals surface area contributed by atoms with Crippen molar-refractivity contribution in [1.82, 2.24) is 15.5 Å². The lowest BCUT2D eigenvalue weighted by Gasteiger charge is -2.40. The van der Waals surface area contributed by atoms with Crippen LogP contribution >= 0.6 is 0 Å². The number of hydrogen-bond donors (Lipinski definition) is 2. The summed E-state index contributed by atoms with van der Waals surface area (Å²) in [4.78, 5) is 42.6. The van der Waals surface area contributed by atoms with Crippen LogP contribution in [0.15, 0.2) is 18.2 Å². The molecule has 0 aliphatic carbocycles. The van der Waals surface area contributed by atoms with Crippen LogP contribution in [0.4, 0.5) is 4.79 Å². The maximum atomic E-state index is 14.3. The highest BCUT2D eigenvalue weighted by atomic mass is 16.6. The molecule has 0 spiro atoms. The first-order valence-corrected chi connectivity index (χ1v) is 13.6. The zero-order valence-electron chi connectivity index (χ0n) is 25.2. The summed E-state index contributed by atoms with van der Waals surface area (Å²) in [5.74, 6) is -0.286. The van der Waals surface area contributed by atoms with Gasteiger partial charge in [0.05, 0.1) is 0 Å². The Kier molecular flexibility index (Phi) is 12.1. The van der Waals surface area contributed by atoms with Crippen molar-refractivity contribution < 1.29 is 19.1 Å². The predicted octanol–water partition coefficient (Wildman–Crippen LogP) is 6.07. The Bertz CT molecular complexity index is 918. The van der Waals surface area contributed by atoms with Crippen molar-refractivity contribution in [3.63, 3.8) is 0 Å². The topological polar surface area (TPSA) is 87.7 Å². The van der Waals surface area contributed by atoms with Crippen molar-refractivity contribution in [1.29, 1.82) is 0 Å². The molecule has 2 N–H and O–H groups in total. The maximum absolute atomic E-state index is 14.3. The van der Waals surface area contributed by atoms with Crippen LogP contribution in [0.1, 0.15) is 105 Å². The van der Waals surface area contributed by atoms with Crippen LogP contribution in [0, 0.1) is 25.7 Å². The molecule has 1 aromatic carbocycles. The lowest BCUT2D eigenvalue weighted by molar-refractivity contribution is -0.146. The lowest BCUT2D eigenvalue weighted by atomic mass is 9.91. The molecule has 3 unspecified atom stereocenters. The third-order valence-corrected chi connectivity index (χ3v) is 6.39. The van der Waals surface area contributed by atoms with E-state index in [4.69, 9.17) is 4.74 Å². The standard InChI is InChI=1S/C30H51N3O4/c1-18(2)16-17-22(8)33(28(35)25(19(3)4)32-29(36)37-30(10,11)12)26(27(34)31-20(5)6)24-15-13-14-21(7)23(24)9/h13-15,18-20,22,25-26H,16-17H2,1-12H3,(H,31,34)(H,32,36). The number of amides is 3. The van der Waals surface area contributed by atoms with Crippen molar-refractivity contribution >= 4 is 17.9 Å². The van der Waals surface area contributed by atoms with Gasteiger partial charge in [-0.2, -0.15) is 0 Å². The molecular formula is C30H51N3O4. The SMILES string of the molecule is Cc1cccc(C(C(=O)NC(C)C)N(C(=O)C(NC(=O)OC(C)(C)C)C(C)C)C(C)CCC(C)C)c1C. The molecule has 37 heavy (non-hydrogen) atoms. The molecule has 1 rings (SSSR count). The Morgan fingerprint density at radius 1 is 0.919 bits per heavy atom. The smallest absolute Gasteiger partial charge is 0.408 e. The first kappa shape index (κ1) is 32.5. The minimum Gasteiger partial charge on any atom is -0.444 e. The van der Waals surface area contributed by atoms with Gasteiger partial charge in [0.15, 0.2) is 0 Å². The summed E-state index contributed by atoms with van der Waals surface area (Å²) in [6, 6.07) is 3.84. The monoisotopic (exact) mass is 517 g/mol. The van der Waals surface area contributed by atoms with Gasteiger partial charge < -0.3 is 20.3 Å². The molecular weight excluding hydrogens is 466 g/mol. The summed E-state index contributed by atoms with van der Waals surface area (Å²) in [5, 5.41) is 5.84. The van der Waals surface area contributed by atoms with E-state index in [2.05, 4.69) is 24.5 Å². The van der Waals surface area contributed by atoms with Crippen LogP contribution in [0.3, 0.4) is 0 Å². The second-order valence-corrected chi connectivity index (χ2v) is 12.3. The Labute approximate surface area is 225 Å². The number of carbonyl (C=O) groups is 3. The van der Waals surface area contributed by atoms with Crippen LogP contribution in [0.5, 0.6) is 0 Å². The second kappa shape index (κ2) is 13.8. The number of alkyl carbamates (subject to hydrolysis) is 1. The van der Waals surface area contributed by atoms with Crippen LogP contribution in [-0.2, 0) is 14.3 Å². The quantitative estimate of drug-likeness (QED) is 0.373. The van der Waals surface area contributed by atoms with Crippen molar-refractivity contribution in [2.45, 2.75) is 126 Å². The third kappa shape index (κ3) is 10.0. The minimum absolute atomic E-state index is 0.0937. The summed E-state index contributed by atoms with van der Waals surface area (Å²) in [5.41, 5.74) is 2.12. The van der Waals surface area contributed by atoms with E-state index in [0.29, 0.717) is 5.92 Å². The fourth-order valence-electron chi connectivity index (χ4n) is 4.27. The number of aryl methyl sites for hydroxylation is 1. The van der Waals surface area contributed by atoms with Crippen molar-refractivity contribution in [3.05, 3.63) is 34.9 Å². The summed E-state index contributed by atoms with van der Waals surface area (Å²) < 4.78 is 5.47. The molecule has 0 aliphatic rings. The van der Waals surface area contributed by atoms with Gasteiger partial charge in [-0.3, -0.25) is 9.59 Å². The highest BCUT2D eigenvalue weighted by Gasteiger charge is 2.40. The van der Waals surface area contributed by atoms with Gasteiger partial charge in [0.25, 0.3) is 0 Å². The van der Waals surface area contributed by atoms with Gasteiger partial charge in [-0.15, -0.1) is 0 Å². The number of ether oxygens (including phenoxy) is 1. The van der Waals surface area contributed by atoms with Gasteiger partial charge in [-0.05, 0) is 96.8 Å². The highest BCUT2D eigenvalue weighted by Crippen LogP contribution is 2.31. The molecule has 7 heteroatoms. The zero-order chi connectivity index (χ0) is 28.7. The van der Waals surface area contributed by atoms with Crippen molar-refractivity contribution in [2.75, 3.05) is 0 Å². The maximum Gasteiger partial charge on any atom is 0.408 e. The van der Waals surface area contributed by atoms with Crippen LogP contribution < -0.4 is 10.6 Å². The van der Waals surface area contributed by atoms with Gasteiger partial charge in [-0.25, -0.2) is 4.79 Å². The largest absolute Gasteiger partial charge is 0.444 e. The molecule has 0 aromatic heterocycles. The van der Waals surface area contributed by atoms with Crippen LogP contribution in [0.25, 0.3) is 0 Å². The molecule has 0 saturated carbocycles. The van der Waals surface area contributed by atoms with E-state index in [0.717, 1.165) is 29.5 Å². The summed E-state index contributed by atoms with van der Waals surface area (Å²) in [7, 11) is 0. The fourth-order valence-corrected chi connectivity index (χ4v) is 4.27. The van der Waals surface area contributed by atoms with Crippen LogP contribution in [0.2, 0.25) is 0 Å². The second-order valence-electron chi connectivity index (χ2n) is 12.3. The van der Waals surface area contributed by atoms with Gasteiger partial charge in [0.2, 0.25) is 11.8 Å². The molecule has 0 bridgehead atoms. The molecule has 3 amide bonds. The van der Waals surface area contributed by atoms with Crippen LogP contribution in [-0.4, -0.2) is 46.5 Å². The Hall–Kier alpha value is -2.57. The first-order valence-electron chi connectivity index (χ1n) is 13.6. The average Bonchev–Trinajstić information content (AvgIpc) is 2.74. The van der Waals surface area contributed by atoms with E-state index >= 15 is 0 Å². The lowest BCUT2D eigenvalue weighted by Crippen LogP contribution is -2.57. The average molecular weight is 518 g/mol. The minimum atomic E-state index is -0.851. The molecule has 0 fully saturated rings. The number of rotatable bonds is 11. The van der Waals surface area contributed by atoms with Gasteiger partial charge >= 0.3 is 6.09 Å². The molecule has 0 aliphatic heterocycles. The Morgan fingerprint density at radius 2 is 1.51 bits per heavy atom. The number of nitrogens with one attached hydrogen (secondary N) is 2. The van der Waals surface area contributed by atoms with E-state index in [1.54, 1.807) is 25.7 Å². The predicted molar refractivity (Wildman–Crippen MR) is 150 cm³/mol. The van der Waals surface area contributed by atoms with E-state index in [1.807, 2.05) is 66.7 Å². The van der Waals surface area contributed by atoms with E-state index in [-0.39, 0.29) is 29.8 Å². The molecule has 0 saturated heterocycles. The van der Waals surface area contributed by atoms with Gasteiger partial charge in [0, 0.05) is 12.1 Å². The Balaban J connectivity index is 3.68. The fraction of sp³-hybridized carbons (Fsp3) is 0.700. The molecule has 7 nitrogen and oxygen atoms in total. The van der Waals surface area contributed by atoms with Crippen molar-refractivity contribution in [2.24, 2.45) is 11.8 Å². The molecule has 0 radical (unpaired) electrons. The summed E-state index contributed by atoms with van der Waals surface area (Å²) >= 11 is 0. The number of benzene rings is 1. The van der Waals surface area contributed by atoms with Gasteiger partial charge in [0.1, 0.15) is 17.7 Å². The Morgan fingerprint density at radius 3 is 2.00 bits per heavy atom. The van der Waals surface area contributed by atoms with E-state index in [9.17, 15) is 14.4 Å². The third-order valence-electron chi connectivity index (χ3n) is 6.39. The highest BCUT2D eigenvalue weighted by molar-refractivity contribution is 5.92. The normalized spacial score (nSPS) is 14.4. The van der Waals surface area contributed by atoms with E-state index in [1.165, 1.54) is 0 Å².